The first-order valence-corrected chi connectivity index (χ1v) is 20.3. The van der Waals surface area contributed by atoms with E-state index in [1.165, 1.54) is 81.3 Å². The summed E-state index contributed by atoms with van der Waals surface area (Å²) in [6.07, 6.45) is 0. The molecule has 0 aliphatic rings. The fourth-order valence-corrected chi connectivity index (χ4v) is 10.2. The third-order valence-corrected chi connectivity index (χ3v) is 12.6. The molecule has 0 unspecified atom stereocenters. The van der Waals surface area contributed by atoms with Gasteiger partial charge in [-0.2, -0.15) is 0 Å². The molecule has 0 radical (unpaired) electrons. The van der Waals surface area contributed by atoms with Gasteiger partial charge in [-0.3, -0.25) is 0 Å². The third-order valence-electron chi connectivity index (χ3n) is 12.6. The van der Waals surface area contributed by atoms with Crippen molar-refractivity contribution in [2.24, 2.45) is 0 Å². The molecule has 0 aliphatic carbocycles. The van der Waals surface area contributed by atoms with Crippen molar-refractivity contribution >= 4 is 97.5 Å². The summed E-state index contributed by atoms with van der Waals surface area (Å²) in [5.41, 5.74) is 9.63. The minimum absolute atomic E-state index is 0.902. The first-order chi connectivity index (χ1) is 29.3. The van der Waals surface area contributed by atoms with Crippen LogP contribution in [0.2, 0.25) is 0 Å². The van der Waals surface area contributed by atoms with Crippen molar-refractivity contribution < 1.29 is 4.42 Å². The molecule has 0 fully saturated rings. The Morgan fingerprint density at radius 1 is 0.305 bits per heavy atom. The highest BCUT2D eigenvalue weighted by molar-refractivity contribution is 6.37. The van der Waals surface area contributed by atoms with Crippen LogP contribution in [0.25, 0.3) is 131 Å². The maximum atomic E-state index is 6.70. The van der Waals surface area contributed by atoms with Gasteiger partial charge in [0, 0.05) is 49.0 Å². The molecule has 0 aliphatic heterocycles. The van der Waals surface area contributed by atoms with E-state index in [0.29, 0.717) is 0 Å². The van der Waals surface area contributed by atoms with Crippen molar-refractivity contribution in [3.8, 4) is 33.5 Å². The monoisotopic (exact) mass is 747 g/mol. The number of furan rings is 1. The predicted octanol–water partition coefficient (Wildman–Crippen LogP) is 16.1. The zero-order valence-electron chi connectivity index (χ0n) is 31.9. The minimum atomic E-state index is 0.902. The zero-order chi connectivity index (χ0) is 38.6. The summed E-state index contributed by atoms with van der Waals surface area (Å²) in [4.78, 5) is 5.71. The summed E-state index contributed by atoms with van der Waals surface area (Å²) < 4.78 is 6.70. The zero-order valence-corrected chi connectivity index (χ0v) is 31.9. The standard InChI is InChI=1S/C57H33NO/c1-2-17-34(18-3-1)55-49-33-48(37-21-5-7-23-39(37)53(49)54-40-24-8-4-19-35(40)36-20-6-13-29-45(36)56(54)58-55)52-43-27-11-9-25-41(43)51(42-26-10-12-28-44(42)52)47-31-16-30-46-38-22-14-15-32-50(38)59-57(46)47/h1-33H. The van der Waals surface area contributed by atoms with Crippen LogP contribution in [0.4, 0.5) is 0 Å². The lowest BCUT2D eigenvalue weighted by molar-refractivity contribution is 0.670. The Morgan fingerprint density at radius 3 is 1.44 bits per heavy atom. The number of para-hydroxylation sites is 2. The minimum Gasteiger partial charge on any atom is -0.455 e. The molecule has 272 valence electrons. The van der Waals surface area contributed by atoms with Gasteiger partial charge in [-0.25, -0.2) is 4.98 Å². The summed E-state index contributed by atoms with van der Waals surface area (Å²) in [6.45, 7) is 0. The molecule has 13 rings (SSSR count). The van der Waals surface area contributed by atoms with Crippen LogP contribution in [0.3, 0.4) is 0 Å². The van der Waals surface area contributed by atoms with Crippen LogP contribution in [-0.4, -0.2) is 4.98 Å². The molecule has 2 heteroatoms. The lowest BCUT2D eigenvalue weighted by atomic mass is 9.82. The summed E-state index contributed by atoms with van der Waals surface area (Å²) in [5, 5.41) is 17.9. The number of benzene rings is 11. The Morgan fingerprint density at radius 2 is 0.780 bits per heavy atom. The van der Waals surface area contributed by atoms with Gasteiger partial charge < -0.3 is 4.42 Å². The van der Waals surface area contributed by atoms with Crippen molar-refractivity contribution in [1.29, 1.82) is 0 Å². The van der Waals surface area contributed by atoms with Crippen molar-refractivity contribution in [1.82, 2.24) is 4.98 Å². The molecule has 13 aromatic rings. The van der Waals surface area contributed by atoms with E-state index in [1.54, 1.807) is 0 Å². The lowest BCUT2D eigenvalue weighted by Crippen LogP contribution is -1.96. The number of rotatable bonds is 3. The van der Waals surface area contributed by atoms with Gasteiger partial charge in [0.25, 0.3) is 0 Å². The number of aromatic nitrogens is 1. The quantitative estimate of drug-likeness (QED) is 0.133. The molecule has 0 spiro atoms. The van der Waals surface area contributed by atoms with E-state index in [9.17, 15) is 0 Å². The molecule has 0 saturated heterocycles. The summed E-state index contributed by atoms with van der Waals surface area (Å²) in [6, 6.07) is 72.6. The molecule has 0 bridgehead atoms. The van der Waals surface area contributed by atoms with Gasteiger partial charge in [0.1, 0.15) is 11.2 Å². The normalized spacial score (nSPS) is 12.1. The second-order valence-electron chi connectivity index (χ2n) is 15.7. The molecule has 11 aromatic carbocycles. The van der Waals surface area contributed by atoms with Crippen molar-refractivity contribution in [2.45, 2.75) is 0 Å². The van der Waals surface area contributed by atoms with Gasteiger partial charge in [0.05, 0.1) is 11.2 Å². The van der Waals surface area contributed by atoms with E-state index >= 15 is 0 Å². The Hall–Kier alpha value is -7.81. The molecule has 0 amide bonds. The number of fused-ring (bicyclic) bond motifs is 15. The Labute approximate surface area is 339 Å². The number of hydrogen-bond donors (Lipinski definition) is 0. The van der Waals surface area contributed by atoms with Crippen LogP contribution in [0.1, 0.15) is 0 Å². The van der Waals surface area contributed by atoms with Crippen LogP contribution in [0.15, 0.2) is 205 Å². The lowest BCUT2D eigenvalue weighted by Gasteiger charge is -2.21. The predicted molar refractivity (Wildman–Crippen MR) is 250 cm³/mol. The smallest absolute Gasteiger partial charge is 0.143 e. The number of nitrogens with zero attached hydrogens (tertiary/aromatic N) is 1. The van der Waals surface area contributed by atoms with Gasteiger partial charge in [-0.05, 0) is 71.7 Å². The largest absolute Gasteiger partial charge is 0.455 e. The van der Waals surface area contributed by atoms with Crippen molar-refractivity contribution in [3.63, 3.8) is 0 Å². The Kier molecular flexibility index (Phi) is 6.76. The molecule has 59 heavy (non-hydrogen) atoms. The molecule has 0 N–H and O–H groups in total. The average Bonchev–Trinajstić information content (AvgIpc) is 3.70. The fraction of sp³-hybridized carbons (Fsp3) is 0. The fourth-order valence-electron chi connectivity index (χ4n) is 10.2. The highest BCUT2D eigenvalue weighted by Gasteiger charge is 2.24. The van der Waals surface area contributed by atoms with E-state index in [4.69, 9.17) is 9.40 Å². The maximum absolute atomic E-state index is 6.70. The van der Waals surface area contributed by atoms with Crippen LogP contribution in [0.5, 0.6) is 0 Å². The summed E-state index contributed by atoms with van der Waals surface area (Å²) in [7, 11) is 0. The summed E-state index contributed by atoms with van der Waals surface area (Å²) >= 11 is 0. The maximum Gasteiger partial charge on any atom is 0.143 e. The van der Waals surface area contributed by atoms with E-state index in [-0.39, 0.29) is 0 Å². The van der Waals surface area contributed by atoms with Gasteiger partial charge in [-0.1, -0.05) is 188 Å². The van der Waals surface area contributed by atoms with Gasteiger partial charge >= 0.3 is 0 Å². The van der Waals surface area contributed by atoms with Crippen LogP contribution >= 0.6 is 0 Å². The van der Waals surface area contributed by atoms with Crippen molar-refractivity contribution in [2.75, 3.05) is 0 Å². The van der Waals surface area contributed by atoms with Gasteiger partial charge in [0.2, 0.25) is 0 Å². The Bertz CT molecular complexity index is 3840. The van der Waals surface area contributed by atoms with E-state index in [1.807, 2.05) is 6.07 Å². The second-order valence-corrected chi connectivity index (χ2v) is 15.7. The first-order valence-electron chi connectivity index (χ1n) is 20.3. The summed E-state index contributed by atoms with van der Waals surface area (Å²) in [5.74, 6) is 0. The molecular weight excluding hydrogens is 715 g/mol. The number of pyridine rings is 1. The Balaban J connectivity index is 1.23. The molecule has 2 heterocycles. The molecule has 2 aromatic heterocycles. The highest BCUT2D eigenvalue weighted by Crippen LogP contribution is 2.51. The molecule has 2 nitrogen and oxygen atoms in total. The molecule has 0 saturated carbocycles. The SMILES string of the molecule is c1ccc(-c2nc3c4ccccc4c4ccccc4c3c3c2cc(-c2c4ccccc4c(-c4cccc5c4oc4ccccc45)c4ccccc24)c2ccccc23)cc1. The molecular formula is C57H33NO. The first kappa shape index (κ1) is 32.3. The third kappa shape index (κ3) is 4.54. The van der Waals surface area contributed by atoms with Crippen LogP contribution in [0, 0.1) is 0 Å². The highest BCUT2D eigenvalue weighted by atomic mass is 16.3. The van der Waals surface area contributed by atoms with E-state index in [0.717, 1.165) is 49.7 Å². The van der Waals surface area contributed by atoms with Gasteiger partial charge in [0.15, 0.2) is 0 Å². The van der Waals surface area contributed by atoms with Crippen LogP contribution in [-0.2, 0) is 0 Å². The van der Waals surface area contributed by atoms with Crippen molar-refractivity contribution in [3.05, 3.63) is 200 Å². The van der Waals surface area contributed by atoms with Gasteiger partial charge in [-0.15, -0.1) is 0 Å². The second kappa shape index (κ2) is 12.3. The topological polar surface area (TPSA) is 26.0 Å². The van der Waals surface area contributed by atoms with Crippen LogP contribution < -0.4 is 0 Å². The van der Waals surface area contributed by atoms with E-state index < -0.39 is 0 Å². The average molecular weight is 748 g/mol. The van der Waals surface area contributed by atoms with E-state index in [2.05, 4.69) is 194 Å². The number of hydrogen-bond acceptors (Lipinski definition) is 2. The molecule has 0 atom stereocenters.